The maximum Gasteiger partial charge on any atom is 0.265 e. The van der Waals surface area contributed by atoms with Gasteiger partial charge in [-0.05, 0) is 48.7 Å². The smallest absolute Gasteiger partial charge is 0.265 e. The molecule has 0 unspecified atom stereocenters. The number of carbonyl (C=O) groups excluding carboxylic acids is 1. The van der Waals surface area contributed by atoms with E-state index in [9.17, 15) is 13.2 Å². The van der Waals surface area contributed by atoms with Crippen molar-refractivity contribution in [2.24, 2.45) is 0 Å². The number of carbonyl (C=O) groups is 1. The first-order valence-electron chi connectivity index (χ1n) is 9.07. The third kappa shape index (κ3) is 3.91. The van der Waals surface area contributed by atoms with Crippen LogP contribution in [0.3, 0.4) is 0 Å². The molecule has 2 aromatic carbocycles. The van der Waals surface area contributed by atoms with Crippen LogP contribution in [0.2, 0.25) is 0 Å². The third-order valence-corrected chi connectivity index (χ3v) is 6.06. The van der Waals surface area contributed by atoms with Crippen molar-refractivity contribution in [3.05, 3.63) is 42.0 Å². The normalized spacial score (nSPS) is 13.8. The molecule has 0 fully saturated rings. The zero-order chi connectivity index (χ0) is 20.3. The minimum atomic E-state index is -3.85. The second-order valence-corrected chi connectivity index (χ2v) is 8.16. The van der Waals surface area contributed by atoms with Crippen LogP contribution in [-0.2, 0) is 21.2 Å². The lowest BCUT2D eigenvalue weighted by molar-refractivity contribution is -0.118. The predicted molar refractivity (Wildman–Crippen MR) is 108 cm³/mol. The van der Waals surface area contributed by atoms with Gasteiger partial charge < -0.3 is 14.4 Å². The number of hydrogen-bond donors (Lipinski definition) is 1. The van der Waals surface area contributed by atoms with E-state index >= 15 is 0 Å². The molecule has 3 rings (SSSR count). The average Bonchev–Trinajstić information content (AvgIpc) is 2.69. The summed E-state index contributed by atoms with van der Waals surface area (Å²) in [6.45, 7) is 2.67. The van der Waals surface area contributed by atoms with Gasteiger partial charge in [0.2, 0.25) is 5.91 Å². The fourth-order valence-corrected chi connectivity index (χ4v) is 4.50. The summed E-state index contributed by atoms with van der Waals surface area (Å²) in [5.41, 5.74) is 2.25. The molecular formula is C20H24N2O5S. The first-order valence-corrected chi connectivity index (χ1v) is 10.6. The van der Waals surface area contributed by atoms with Crippen LogP contribution in [0.1, 0.15) is 25.3 Å². The molecule has 0 bridgehead atoms. The lowest BCUT2D eigenvalue weighted by atomic mass is 10.0. The lowest BCUT2D eigenvalue weighted by Crippen LogP contribution is -2.35. The number of ether oxygens (including phenoxy) is 2. The highest BCUT2D eigenvalue weighted by Gasteiger charge is 2.25. The molecule has 0 aromatic heterocycles. The Kier molecular flexibility index (Phi) is 5.79. The first kappa shape index (κ1) is 20.0. The molecule has 1 aliphatic rings. The molecule has 1 heterocycles. The van der Waals surface area contributed by atoms with Gasteiger partial charge in [0.15, 0.2) is 0 Å². The molecule has 1 amide bonds. The van der Waals surface area contributed by atoms with Gasteiger partial charge in [0.25, 0.3) is 10.0 Å². The van der Waals surface area contributed by atoms with E-state index in [4.69, 9.17) is 9.47 Å². The molecule has 0 saturated heterocycles. The number of rotatable bonds is 7. The van der Waals surface area contributed by atoms with Crippen LogP contribution >= 0.6 is 0 Å². The Bertz CT molecular complexity index is 988. The molecule has 2 aromatic rings. The number of fused-ring (bicyclic) bond motifs is 1. The van der Waals surface area contributed by atoms with Crippen LogP contribution in [0.4, 0.5) is 11.4 Å². The highest BCUT2D eigenvalue weighted by atomic mass is 32.2. The first-order chi connectivity index (χ1) is 13.4. The molecule has 0 saturated carbocycles. The van der Waals surface area contributed by atoms with Gasteiger partial charge >= 0.3 is 0 Å². The zero-order valence-corrected chi connectivity index (χ0v) is 17.0. The van der Waals surface area contributed by atoms with E-state index in [2.05, 4.69) is 4.72 Å². The van der Waals surface area contributed by atoms with Crippen molar-refractivity contribution in [1.82, 2.24) is 0 Å². The summed E-state index contributed by atoms with van der Waals surface area (Å²) in [7, 11) is -0.944. The maximum absolute atomic E-state index is 12.9. The molecule has 0 spiro atoms. The third-order valence-electron chi connectivity index (χ3n) is 4.64. The van der Waals surface area contributed by atoms with Gasteiger partial charge in [-0.15, -0.1) is 0 Å². The molecule has 8 heteroatoms. The maximum atomic E-state index is 12.9. The molecular weight excluding hydrogens is 380 g/mol. The summed E-state index contributed by atoms with van der Waals surface area (Å²) in [6.07, 6.45) is 1.88. The number of methoxy groups -OCH3 is 2. The number of anilines is 2. The summed E-state index contributed by atoms with van der Waals surface area (Å²) in [6, 6.07) is 9.80. The van der Waals surface area contributed by atoms with Crippen molar-refractivity contribution < 1.29 is 22.7 Å². The highest BCUT2D eigenvalue weighted by molar-refractivity contribution is 7.92. The molecule has 1 N–H and O–H groups in total. The van der Waals surface area contributed by atoms with Crippen molar-refractivity contribution in [2.75, 3.05) is 30.4 Å². The highest BCUT2D eigenvalue weighted by Crippen LogP contribution is 2.33. The second kappa shape index (κ2) is 8.10. The van der Waals surface area contributed by atoms with E-state index in [-0.39, 0.29) is 16.6 Å². The van der Waals surface area contributed by atoms with Crippen molar-refractivity contribution >= 4 is 27.3 Å². The van der Waals surface area contributed by atoms with Gasteiger partial charge in [-0.3, -0.25) is 9.52 Å². The van der Waals surface area contributed by atoms with E-state index in [0.717, 1.165) is 17.7 Å². The topological polar surface area (TPSA) is 84.9 Å². The number of amides is 1. The van der Waals surface area contributed by atoms with Crippen LogP contribution < -0.4 is 19.1 Å². The summed E-state index contributed by atoms with van der Waals surface area (Å²) in [5, 5.41) is 0. The SMILES string of the molecule is CCCN1C(=O)CCc2cc(NS(=O)(=O)c3ccc(OC)cc3OC)ccc21. The van der Waals surface area contributed by atoms with Gasteiger partial charge in [-0.25, -0.2) is 8.42 Å². The van der Waals surface area contributed by atoms with Crippen molar-refractivity contribution in [1.29, 1.82) is 0 Å². The van der Waals surface area contributed by atoms with Crippen molar-refractivity contribution in [2.45, 2.75) is 31.1 Å². The Balaban J connectivity index is 1.91. The van der Waals surface area contributed by atoms with Crippen LogP contribution in [-0.4, -0.2) is 35.1 Å². The summed E-state index contributed by atoms with van der Waals surface area (Å²) in [4.78, 5) is 14.0. The van der Waals surface area contributed by atoms with Crippen molar-refractivity contribution in [3.63, 3.8) is 0 Å². The summed E-state index contributed by atoms with van der Waals surface area (Å²) >= 11 is 0. The van der Waals surface area contributed by atoms with Gasteiger partial charge in [0, 0.05) is 30.4 Å². The van der Waals surface area contributed by atoms with Gasteiger partial charge in [0.05, 0.1) is 14.2 Å². The zero-order valence-electron chi connectivity index (χ0n) is 16.2. The fourth-order valence-electron chi connectivity index (χ4n) is 3.30. The monoisotopic (exact) mass is 404 g/mol. The molecule has 0 radical (unpaired) electrons. The molecule has 7 nitrogen and oxygen atoms in total. The number of sulfonamides is 1. The quantitative estimate of drug-likeness (QED) is 0.766. The Hall–Kier alpha value is -2.74. The largest absolute Gasteiger partial charge is 0.497 e. The minimum absolute atomic E-state index is 0.0244. The number of nitrogens with one attached hydrogen (secondary N) is 1. The average molecular weight is 404 g/mol. The minimum Gasteiger partial charge on any atom is -0.497 e. The van der Waals surface area contributed by atoms with Gasteiger partial charge in [-0.1, -0.05) is 6.92 Å². The molecule has 150 valence electrons. The molecule has 0 aliphatic carbocycles. The van der Waals surface area contributed by atoms with Crippen molar-refractivity contribution in [3.8, 4) is 11.5 Å². The lowest BCUT2D eigenvalue weighted by Gasteiger charge is -2.29. The number of nitrogens with zero attached hydrogens (tertiary/aromatic N) is 1. The van der Waals surface area contributed by atoms with Crippen LogP contribution in [0, 0.1) is 0 Å². The number of benzene rings is 2. The predicted octanol–water partition coefficient (Wildman–Crippen LogP) is 3.19. The number of hydrogen-bond acceptors (Lipinski definition) is 5. The molecule has 1 aliphatic heterocycles. The van der Waals surface area contributed by atoms with Gasteiger partial charge in [-0.2, -0.15) is 0 Å². The van der Waals surface area contributed by atoms with E-state index in [1.165, 1.54) is 26.4 Å². The Labute approximate surface area is 165 Å². The second-order valence-electron chi connectivity index (χ2n) is 6.51. The van der Waals surface area contributed by atoms with E-state index in [1.54, 1.807) is 29.2 Å². The van der Waals surface area contributed by atoms with E-state index < -0.39 is 10.0 Å². The van der Waals surface area contributed by atoms with E-state index in [1.807, 2.05) is 6.92 Å². The Morgan fingerprint density at radius 1 is 1.07 bits per heavy atom. The van der Waals surface area contributed by atoms with Crippen LogP contribution in [0.5, 0.6) is 11.5 Å². The molecule has 28 heavy (non-hydrogen) atoms. The standard InChI is InChI=1S/C20H24N2O5S/c1-4-11-22-17-8-6-15(12-14(17)5-10-20(22)23)21-28(24,25)19-9-7-16(26-2)13-18(19)27-3/h6-9,12-13,21H,4-5,10-11H2,1-3H3. The van der Waals surface area contributed by atoms with E-state index in [0.29, 0.717) is 30.8 Å². The summed E-state index contributed by atoms with van der Waals surface area (Å²) in [5.74, 6) is 0.806. The van der Waals surface area contributed by atoms with Crippen LogP contribution in [0.15, 0.2) is 41.3 Å². The van der Waals surface area contributed by atoms with Crippen LogP contribution in [0.25, 0.3) is 0 Å². The van der Waals surface area contributed by atoms with Gasteiger partial charge in [0.1, 0.15) is 16.4 Å². The molecule has 0 atom stereocenters. The fraction of sp³-hybridized carbons (Fsp3) is 0.350. The number of aryl methyl sites for hydroxylation is 1. The Morgan fingerprint density at radius 3 is 2.54 bits per heavy atom. The Morgan fingerprint density at radius 2 is 1.86 bits per heavy atom. The summed E-state index contributed by atoms with van der Waals surface area (Å²) < 4.78 is 38.7.